The summed E-state index contributed by atoms with van der Waals surface area (Å²) in [6.45, 7) is 0. The maximum atomic E-state index is 12.9. The average molecular weight is 405 g/mol. The number of benzene rings is 1. The number of rotatable bonds is 5. The highest BCUT2D eigenvalue weighted by atomic mass is 35.5. The molecule has 142 valence electrons. The van der Waals surface area contributed by atoms with E-state index < -0.39 is 10.0 Å². The van der Waals surface area contributed by atoms with Crippen molar-refractivity contribution in [3.05, 3.63) is 53.4 Å². The number of hydrogen-bond acceptors (Lipinski definition) is 5. The second-order valence-electron chi connectivity index (χ2n) is 6.91. The van der Waals surface area contributed by atoms with Crippen LogP contribution in [0.25, 0.3) is 11.0 Å². The molecule has 1 N–H and O–H groups in total. The van der Waals surface area contributed by atoms with E-state index in [0.717, 1.165) is 18.4 Å². The zero-order valence-electron chi connectivity index (χ0n) is 14.8. The molecule has 6 nitrogen and oxygen atoms in total. The van der Waals surface area contributed by atoms with Crippen LogP contribution in [0.5, 0.6) is 0 Å². The van der Waals surface area contributed by atoms with Gasteiger partial charge in [-0.25, -0.2) is 17.4 Å². The van der Waals surface area contributed by atoms with Crippen molar-refractivity contribution in [2.45, 2.75) is 43.9 Å². The Labute approximate surface area is 163 Å². The van der Waals surface area contributed by atoms with Crippen LogP contribution in [0, 0.1) is 0 Å². The van der Waals surface area contributed by atoms with E-state index in [0.29, 0.717) is 22.9 Å². The van der Waals surface area contributed by atoms with Crippen LogP contribution in [0.3, 0.4) is 0 Å². The molecule has 1 saturated carbocycles. The molecule has 1 aromatic carbocycles. The summed E-state index contributed by atoms with van der Waals surface area (Å²) in [4.78, 5) is 8.51. The van der Waals surface area contributed by atoms with E-state index in [1.165, 1.54) is 29.4 Å². The number of nitrogens with zero attached hydrogens (tertiary/aromatic N) is 3. The normalized spacial score (nSPS) is 15.9. The summed E-state index contributed by atoms with van der Waals surface area (Å²) < 4.78 is 27.1. The van der Waals surface area contributed by atoms with Crippen LogP contribution in [0.1, 0.15) is 37.7 Å². The van der Waals surface area contributed by atoms with Gasteiger partial charge in [0.1, 0.15) is 5.82 Å². The molecule has 27 heavy (non-hydrogen) atoms. The van der Waals surface area contributed by atoms with Gasteiger partial charge in [-0.2, -0.15) is 4.98 Å². The first-order valence-corrected chi connectivity index (χ1v) is 11.1. The van der Waals surface area contributed by atoms with Crippen LogP contribution in [-0.2, 0) is 15.8 Å². The third-order valence-corrected chi connectivity index (χ3v) is 6.68. The Morgan fingerprint density at radius 1 is 1.07 bits per heavy atom. The van der Waals surface area contributed by atoms with Gasteiger partial charge in [-0.15, -0.1) is 0 Å². The van der Waals surface area contributed by atoms with Crippen molar-refractivity contribution in [2.24, 2.45) is 0 Å². The van der Waals surface area contributed by atoms with Gasteiger partial charge in [0.15, 0.2) is 5.65 Å². The Balaban J connectivity index is 1.70. The molecular weight excluding hydrogens is 384 g/mol. The van der Waals surface area contributed by atoms with Crippen molar-refractivity contribution in [1.82, 2.24) is 13.9 Å². The fraction of sp³-hybridized carbons (Fsp3) is 0.368. The first-order chi connectivity index (χ1) is 13.0. The van der Waals surface area contributed by atoms with Crippen molar-refractivity contribution in [3.63, 3.8) is 0 Å². The molecule has 3 aromatic rings. The predicted molar refractivity (Wildman–Crippen MR) is 107 cm³/mol. The van der Waals surface area contributed by atoms with E-state index >= 15 is 0 Å². The highest BCUT2D eigenvalue weighted by Crippen LogP contribution is 2.28. The van der Waals surface area contributed by atoms with Crippen LogP contribution >= 0.6 is 11.6 Å². The summed E-state index contributed by atoms with van der Waals surface area (Å²) in [6, 6.07) is 11.2. The average Bonchev–Trinajstić information content (AvgIpc) is 3.08. The van der Waals surface area contributed by atoms with Crippen molar-refractivity contribution in [2.75, 3.05) is 5.32 Å². The highest BCUT2D eigenvalue weighted by Gasteiger charge is 2.22. The van der Waals surface area contributed by atoms with E-state index in [4.69, 9.17) is 11.6 Å². The van der Waals surface area contributed by atoms with E-state index in [1.54, 1.807) is 18.2 Å². The molecule has 0 radical (unpaired) electrons. The smallest absolute Gasteiger partial charge is 0.244 e. The summed E-state index contributed by atoms with van der Waals surface area (Å²) in [7, 11) is -3.62. The fourth-order valence-electron chi connectivity index (χ4n) is 3.59. The van der Waals surface area contributed by atoms with Crippen molar-refractivity contribution in [1.29, 1.82) is 0 Å². The largest absolute Gasteiger partial charge is 0.367 e. The van der Waals surface area contributed by atoms with Gasteiger partial charge in [0.2, 0.25) is 15.3 Å². The highest BCUT2D eigenvalue weighted by molar-refractivity contribution is 7.89. The molecule has 0 aliphatic heterocycles. The zero-order valence-corrected chi connectivity index (χ0v) is 16.4. The molecule has 8 heteroatoms. The van der Waals surface area contributed by atoms with Gasteiger partial charge >= 0.3 is 0 Å². The molecule has 0 unspecified atom stereocenters. The standard InChI is InChI=1S/C19H21ClN4O2S/c20-19-22-17(21-15-9-5-2-6-10-15)16-11-12-24(18(16)23-19)27(25,26)13-14-7-3-1-4-8-14/h1,3-4,7-8,11-12,15H,2,5-6,9-10,13H2,(H,21,22,23). The Kier molecular flexibility index (Phi) is 5.06. The zero-order chi connectivity index (χ0) is 18.9. The molecule has 1 fully saturated rings. The van der Waals surface area contributed by atoms with Gasteiger partial charge in [0.05, 0.1) is 11.1 Å². The molecule has 0 amide bonds. The molecule has 4 rings (SSSR count). The van der Waals surface area contributed by atoms with Gasteiger partial charge in [-0.05, 0) is 36.1 Å². The number of aromatic nitrogens is 3. The Hall–Kier alpha value is -2.12. The fourth-order valence-corrected chi connectivity index (χ4v) is 5.16. The second-order valence-corrected chi connectivity index (χ2v) is 9.10. The molecular formula is C19H21ClN4O2S. The lowest BCUT2D eigenvalue weighted by Gasteiger charge is -2.23. The minimum absolute atomic E-state index is 0.0377. The molecule has 0 spiro atoms. The number of anilines is 1. The molecule has 2 heterocycles. The molecule has 1 aliphatic carbocycles. The van der Waals surface area contributed by atoms with Crippen LogP contribution in [0.15, 0.2) is 42.6 Å². The van der Waals surface area contributed by atoms with Gasteiger partial charge < -0.3 is 5.32 Å². The lowest BCUT2D eigenvalue weighted by atomic mass is 9.95. The molecule has 1 aliphatic rings. The van der Waals surface area contributed by atoms with E-state index in [1.807, 2.05) is 18.2 Å². The van der Waals surface area contributed by atoms with Gasteiger partial charge in [0, 0.05) is 12.2 Å². The summed E-state index contributed by atoms with van der Waals surface area (Å²) in [5.74, 6) is 0.496. The molecule has 0 atom stereocenters. The minimum atomic E-state index is -3.62. The first-order valence-electron chi connectivity index (χ1n) is 9.11. The van der Waals surface area contributed by atoms with Crippen LogP contribution < -0.4 is 5.32 Å². The lowest BCUT2D eigenvalue weighted by Crippen LogP contribution is -2.23. The van der Waals surface area contributed by atoms with Gasteiger partial charge in [-0.3, -0.25) is 0 Å². The predicted octanol–water partition coefficient (Wildman–Crippen LogP) is 4.21. The topological polar surface area (TPSA) is 76.9 Å². The third kappa shape index (κ3) is 3.94. The van der Waals surface area contributed by atoms with E-state index in [9.17, 15) is 8.42 Å². The summed E-state index contributed by atoms with van der Waals surface area (Å²) in [5.41, 5.74) is 1.03. The monoisotopic (exact) mass is 404 g/mol. The second kappa shape index (κ2) is 7.48. The number of nitrogens with one attached hydrogen (secondary N) is 1. The molecule has 0 saturated heterocycles. The third-order valence-electron chi connectivity index (χ3n) is 4.92. The number of fused-ring (bicyclic) bond motifs is 1. The maximum Gasteiger partial charge on any atom is 0.244 e. The molecule has 0 bridgehead atoms. The number of hydrogen-bond donors (Lipinski definition) is 1. The van der Waals surface area contributed by atoms with Crippen molar-refractivity contribution < 1.29 is 8.42 Å². The van der Waals surface area contributed by atoms with E-state index in [2.05, 4.69) is 15.3 Å². The Bertz CT molecular complexity index is 1040. The number of halogens is 1. The molecule has 2 aromatic heterocycles. The minimum Gasteiger partial charge on any atom is -0.367 e. The summed E-state index contributed by atoms with van der Waals surface area (Å²) >= 11 is 6.11. The van der Waals surface area contributed by atoms with Crippen LogP contribution in [0.2, 0.25) is 5.28 Å². The first kappa shape index (κ1) is 18.3. The van der Waals surface area contributed by atoms with E-state index in [-0.39, 0.29) is 11.0 Å². The van der Waals surface area contributed by atoms with Crippen LogP contribution in [-0.4, -0.2) is 28.4 Å². The van der Waals surface area contributed by atoms with Gasteiger partial charge in [0.25, 0.3) is 0 Å². The Morgan fingerprint density at radius 2 is 1.81 bits per heavy atom. The summed E-state index contributed by atoms with van der Waals surface area (Å²) in [6.07, 6.45) is 7.32. The van der Waals surface area contributed by atoms with Crippen molar-refractivity contribution >= 4 is 38.5 Å². The maximum absolute atomic E-state index is 12.9. The Morgan fingerprint density at radius 3 is 2.56 bits per heavy atom. The van der Waals surface area contributed by atoms with Crippen LogP contribution in [0.4, 0.5) is 5.82 Å². The lowest BCUT2D eigenvalue weighted by molar-refractivity contribution is 0.462. The quantitative estimate of drug-likeness (QED) is 0.644. The SMILES string of the molecule is O=S(=O)(Cc1ccccc1)n1ccc2c(NC3CCCCC3)nc(Cl)nc21. The summed E-state index contributed by atoms with van der Waals surface area (Å²) in [5, 5.41) is 4.14. The van der Waals surface area contributed by atoms with Crippen molar-refractivity contribution in [3.8, 4) is 0 Å². The van der Waals surface area contributed by atoms with Gasteiger partial charge in [-0.1, -0.05) is 49.6 Å².